The smallest absolute Gasteiger partial charge is 0.296 e. The number of hydrogen-bond acceptors (Lipinski definition) is 5. The van der Waals surface area contributed by atoms with Crippen LogP contribution in [0.3, 0.4) is 0 Å². The maximum absolute atomic E-state index is 13.2. The first-order valence-corrected chi connectivity index (χ1v) is 10.5. The number of nitrogens with zero attached hydrogens (tertiary/aromatic N) is 2. The summed E-state index contributed by atoms with van der Waals surface area (Å²) >= 11 is 0. The number of rotatable bonds is 4. The van der Waals surface area contributed by atoms with E-state index >= 15 is 0 Å². The minimum absolute atomic E-state index is 0.0365. The summed E-state index contributed by atoms with van der Waals surface area (Å²) in [6, 6.07) is 13.8. The fourth-order valence-electron chi connectivity index (χ4n) is 3.95. The molecule has 6 heteroatoms. The Kier molecular flexibility index (Phi) is 5.46. The van der Waals surface area contributed by atoms with E-state index in [4.69, 9.17) is 4.42 Å². The number of carbonyl (C=O) groups excluding carboxylic acids is 2. The lowest BCUT2D eigenvalue weighted by Gasteiger charge is -2.24. The van der Waals surface area contributed by atoms with Crippen molar-refractivity contribution in [2.24, 2.45) is 0 Å². The lowest BCUT2D eigenvalue weighted by Crippen LogP contribution is -2.29. The molecule has 0 radical (unpaired) electrons. The lowest BCUT2D eigenvalue weighted by atomic mass is 9.84. The zero-order valence-corrected chi connectivity index (χ0v) is 18.6. The number of carbonyl (C=O) groups is 2. The van der Waals surface area contributed by atoms with Crippen molar-refractivity contribution in [2.45, 2.75) is 45.7 Å². The Bertz CT molecular complexity index is 1190. The molecule has 1 aliphatic rings. The Balaban J connectivity index is 1.90. The number of aliphatic hydroxyl groups excluding tert-OH is 1. The van der Waals surface area contributed by atoms with Crippen LogP contribution in [0.2, 0.25) is 0 Å². The predicted molar refractivity (Wildman–Crippen MR) is 121 cm³/mol. The maximum atomic E-state index is 13.2. The van der Waals surface area contributed by atoms with Crippen molar-refractivity contribution >= 4 is 17.4 Å². The number of hydrogen-bond donors (Lipinski definition) is 1. The molecule has 32 heavy (non-hydrogen) atoms. The van der Waals surface area contributed by atoms with Crippen molar-refractivity contribution in [3.05, 3.63) is 94.7 Å². The fourth-order valence-corrected chi connectivity index (χ4v) is 3.95. The van der Waals surface area contributed by atoms with Crippen LogP contribution in [0.5, 0.6) is 0 Å². The van der Waals surface area contributed by atoms with Crippen LogP contribution in [0.1, 0.15) is 55.0 Å². The fraction of sp³-hybridized carbons (Fsp3) is 0.269. The molecule has 1 aromatic carbocycles. The summed E-state index contributed by atoms with van der Waals surface area (Å²) in [5.41, 5.74) is 2.76. The van der Waals surface area contributed by atoms with Crippen molar-refractivity contribution in [2.75, 3.05) is 0 Å². The van der Waals surface area contributed by atoms with Crippen LogP contribution in [0.15, 0.2) is 71.0 Å². The molecule has 0 spiro atoms. The second-order valence-corrected chi connectivity index (χ2v) is 9.04. The molecule has 1 amide bonds. The second-order valence-electron chi connectivity index (χ2n) is 9.04. The predicted octanol–water partition coefficient (Wildman–Crippen LogP) is 4.90. The lowest BCUT2D eigenvalue weighted by molar-refractivity contribution is -0.140. The molecular weight excluding hydrogens is 404 g/mol. The van der Waals surface area contributed by atoms with Crippen LogP contribution in [-0.4, -0.2) is 26.7 Å². The van der Waals surface area contributed by atoms with Gasteiger partial charge in [0.15, 0.2) is 0 Å². The van der Waals surface area contributed by atoms with E-state index in [1.54, 1.807) is 36.5 Å². The largest absolute Gasteiger partial charge is 0.507 e. The van der Waals surface area contributed by atoms with E-state index in [1.807, 2.05) is 25.1 Å². The highest BCUT2D eigenvalue weighted by Crippen LogP contribution is 2.40. The Hall–Kier alpha value is -3.67. The normalized spacial score (nSPS) is 18.4. The van der Waals surface area contributed by atoms with Gasteiger partial charge in [0.1, 0.15) is 17.6 Å². The third-order valence-electron chi connectivity index (χ3n) is 5.77. The van der Waals surface area contributed by atoms with Crippen molar-refractivity contribution in [3.63, 3.8) is 0 Å². The Morgan fingerprint density at radius 2 is 1.91 bits per heavy atom. The van der Waals surface area contributed by atoms with E-state index in [0.717, 1.165) is 11.1 Å². The minimum atomic E-state index is -0.820. The van der Waals surface area contributed by atoms with Gasteiger partial charge in [-0.2, -0.15) is 0 Å². The Labute approximate surface area is 187 Å². The maximum Gasteiger partial charge on any atom is 0.296 e. The van der Waals surface area contributed by atoms with Gasteiger partial charge in [0.05, 0.1) is 24.1 Å². The quantitative estimate of drug-likeness (QED) is 0.361. The SMILES string of the molecule is Cc1ccc(C(C)(C)C)cc1/C(O)=C1\C(=O)C(=O)N(Cc2ccco2)C1c1ccccn1. The molecule has 1 N–H and O–H groups in total. The molecule has 0 aliphatic carbocycles. The first-order chi connectivity index (χ1) is 15.2. The summed E-state index contributed by atoms with van der Waals surface area (Å²) in [7, 11) is 0. The second kappa shape index (κ2) is 8.11. The summed E-state index contributed by atoms with van der Waals surface area (Å²) in [6.07, 6.45) is 3.12. The van der Waals surface area contributed by atoms with Gasteiger partial charge in [0.25, 0.3) is 11.7 Å². The van der Waals surface area contributed by atoms with Crippen LogP contribution in [0, 0.1) is 6.92 Å². The van der Waals surface area contributed by atoms with Crippen LogP contribution in [0.4, 0.5) is 0 Å². The molecule has 1 unspecified atom stereocenters. The number of aliphatic hydroxyl groups is 1. The summed E-state index contributed by atoms with van der Waals surface area (Å²) in [4.78, 5) is 32.0. The number of pyridine rings is 1. The van der Waals surface area contributed by atoms with Gasteiger partial charge in [-0.1, -0.05) is 39.0 Å². The highest BCUT2D eigenvalue weighted by Gasteiger charge is 2.47. The van der Waals surface area contributed by atoms with E-state index in [2.05, 4.69) is 25.8 Å². The molecule has 164 valence electrons. The summed E-state index contributed by atoms with van der Waals surface area (Å²) in [5.74, 6) is -1.07. The highest BCUT2D eigenvalue weighted by atomic mass is 16.3. The van der Waals surface area contributed by atoms with Gasteiger partial charge >= 0.3 is 0 Å². The van der Waals surface area contributed by atoms with Crippen molar-refractivity contribution in [3.8, 4) is 0 Å². The number of aryl methyl sites for hydroxylation is 1. The monoisotopic (exact) mass is 430 g/mol. The highest BCUT2D eigenvalue weighted by molar-refractivity contribution is 6.46. The van der Waals surface area contributed by atoms with Gasteiger partial charge in [-0.25, -0.2) is 0 Å². The number of furan rings is 1. The van der Waals surface area contributed by atoms with Crippen LogP contribution in [-0.2, 0) is 21.5 Å². The topological polar surface area (TPSA) is 83.6 Å². The summed E-state index contributed by atoms with van der Waals surface area (Å²) in [5, 5.41) is 11.4. The Morgan fingerprint density at radius 3 is 2.53 bits per heavy atom. The van der Waals surface area contributed by atoms with Gasteiger partial charge in [0.2, 0.25) is 0 Å². The number of benzene rings is 1. The minimum Gasteiger partial charge on any atom is -0.507 e. The zero-order chi connectivity index (χ0) is 23.0. The van der Waals surface area contributed by atoms with Crippen LogP contribution >= 0.6 is 0 Å². The standard InChI is InChI=1S/C26H26N2O4/c1-16-10-11-17(26(2,3)4)14-19(16)23(29)21-22(20-9-5-6-12-27-20)28(25(31)24(21)30)15-18-8-7-13-32-18/h5-14,22,29H,15H2,1-4H3/b23-21+. The van der Waals surface area contributed by atoms with E-state index in [1.165, 1.54) is 11.2 Å². The van der Waals surface area contributed by atoms with Crippen LogP contribution in [0.25, 0.3) is 5.76 Å². The number of aromatic nitrogens is 1. The van der Waals surface area contributed by atoms with Crippen LogP contribution < -0.4 is 0 Å². The molecule has 1 atom stereocenters. The summed E-state index contributed by atoms with van der Waals surface area (Å²) in [6.45, 7) is 8.21. The third kappa shape index (κ3) is 3.84. The first-order valence-electron chi connectivity index (χ1n) is 10.5. The molecule has 0 bridgehead atoms. The number of likely N-dealkylation sites (tertiary alicyclic amines) is 1. The molecule has 6 nitrogen and oxygen atoms in total. The molecule has 0 saturated carbocycles. The van der Waals surface area contributed by atoms with Gasteiger partial charge in [-0.3, -0.25) is 14.6 Å². The molecule has 4 rings (SSSR count). The molecule has 3 heterocycles. The number of amides is 1. The van der Waals surface area contributed by atoms with E-state index in [0.29, 0.717) is 17.0 Å². The third-order valence-corrected chi connectivity index (χ3v) is 5.77. The summed E-state index contributed by atoms with van der Waals surface area (Å²) < 4.78 is 5.41. The van der Waals surface area contributed by atoms with Gasteiger partial charge in [-0.05, 0) is 53.8 Å². The number of Topliss-reactive ketones (excluding diaryl/α,β-unsaturated/α-hetero) is 1. The average Bonchev–Trinajstić information content (AvgIpc) is 3.36. The molecule has 3 aromatic rings. The molecule has 1 saturated heterocycles. The van der Waals surface area contributed by atoms with Crippen molar-refractivity contribution < 1.29 is 19.1 Å². The van der Waals surface area contributed by atoms with Gasteiger partial charge < -0.3 is 14.4 Å². The van der Waals surface area contributed by atoms with E-state index in [-0.39, 0.29) is 23.3 Å². The van der Waals surface area contributed by atoms with Crippen molar-refractivity contribution in [1.82, 2.24) is 9.88 Å². The average molecular weight is 431 g/mol. The van der Waals surface area contributed by atoms with Crippen molar-refractivity contribution in [1.29, 1.82) is 0 Å². The van der Waals surface area contributed by atoms with Gasteiger partial charge in [0, 0.05) is 11.8 Å². The molecule has 1 aliphatic heterocycles. The van der Waals surface area contributed by atoms with Gasteiger partial charge in [-0.15, -0.1) is 0 Å². The molecule has 1 fully saturated rings. The molecular formula is C26H26N2O4. The first kappa shape index (κ1) is 21.6. The zero-order valence-electron chi connectivity index (χ0n) is 18.6. The van der Waals surface area contributed by atoms with E-state index < -0.39 is 17.7 Å². The Morgan fingerprint density at radius 1 is 1.12 bits per heavy atom. The molecule has 2 aromatic heterocycles. The van der Waals surface area contributed by atoms with E-state index in [9.17, 15) is 14.7 Å². The number of ketones is 1.